The van der Waals surface area contributed by atoms with Gasteiger partial charge in [0.15, 0.2) is 0 Å². The molecule has 1 fully saturated rings. The molecule has 1 aliphatic rings. The Morgan fingerprint density at radius 3 is 2.62 bits per heavy atom. The van der Waals surface area contributed by atoms with Gasteiger partial charge in [-0.15, -0.1) is 6.42 Å². The standard InChI is InChI=1S/C26H26F3N3O2/c1-3-20-17-22(7-6-19(20)2)25(33)31-23-9-8-21(24(18-23)26(27,28)29)5-4-10-30-11-12-32-13-15-34-16-14-32/h1,6-9,17-18,30H,10-16H2,2H3,(H,31,33). The van der Waals surface area contributed by atoms with Gasteiger partial charge in [-0.25, -0.2) is 0 Å². The van der Waals surface area contributed by atoms with Gasteiger partial charge in [-0.2, -0.15) is 13.2 Å². The predicted molar refractivity (Wildman–Crippen MR) is 126 cm³/mol. The van der Waals surface area contributed by atoms with Gasteiger partial charge >= 0.3 is 6.18 Å². The molecular weight excluding hydrogens is 443 g/mol. The van der Waals surface area contributed by atoms with Crippen LogP contribution in [0.1, 0.15) is 32.6 Å². The van der Waals surface area contributed by atoms with E-state index in [9.17, 15) is 18.0 Å². The molecule has 2 N–H and O–H groups in total. The van der Waals surface area contributed by atoms with Crippen molar-refractivity contribution in [2.24, 2.45) is 0 Å². The molecule has 8 heteroatoms. The van der Waals surface area contributed by atoms with E-state index in [0.717, 1.165) is 31.3 Å². The number of terminal acetylenes is 1. The van der Waals surface area contributed by atoms with Gasteiger partial charge in [0, 0.05) is 48.6 Å². The van der Waals surface area contributed by atoms with Gasteiger partial charge in [-0.1, -0.05) is 23.8 Å². The topological polar surface area (TPSA) is 53.6 Å². The number of nitrogens with one attached hydrogen (secondary N) is 2. The number of amides is 1. The Hall–Kier alpha value is -3.30. The van der Waals surface area contributed by atoms with Crippen LogP contribution in [0, 0.1) is 31.1 Å². The van der Waals surface area contributed by atoms with E-state index >= 15 is 0 Å². The molecule has 0 bridgehead atoms. The first-order valence-corrected chi connectivity index (χ1v) is 10.9. The largest absolute Gasteiger partial charge is 0.417 e. The molecular formula is C26H26F3N3O2. The molecule has 2 aromatic rings. The van der Waals surface area contributed by atoms with E-state index in [0.29, 0.717) is 25.3 Å². The van der Waals surface area contributed by atoms with E-state index < -0.39 is 17.6 Å². The summed E-state index contributed by atoms with van der Waals surface area (Å²) in [6.07, 6.45) is 0.811. The van der Waals surface area contributed by atoms with Crippen LogP contribution in [0.15, 0.2) is 36.4 Å². The third-order valence-electron chi connectivity index (χ3n) is 5.38. The fourth-order valence-corrected chi connectivity index (χ4v) is 3.44. The maximum absolute atomic E-state index is 13.6. The number of nitrogens with zero attached hydrogens (tertiary/aromatic N) is 1. The maximum atomic E-state index is 13.6. The summed E-state index contributed by atoms with van der Waals surface area (Å²) >= 11 is 0. The summed E-state index contributed by atoms with van der Waals surface area (Å²) in [5, 5.41) is 5.62. The lowest BCUT2D eigenvalue weighted by Crippen LogP contribution is -2.40. The summed E-state index contributed by atoms with van der Waals surface area (Å²) in [6.45, 7) is 6.78. The Labute approximate surface area is 197 Å². The van der Waals surface area contributed by atoms with Crippen molar-refractivity contribution in [3.8, 4) is 24.2 Å². The first kappa shape index (κ1) is 25.3. The molecule has 0 aliphatic carbocycles. The number of benzene rings is 2. The zero-order valence-electron chi connectivity index (χ0n) is 18.9. The van der Waals surface area contributed by atoms with Crippen LogP contribution in [0.5, 0.6) is 0 Å². The lowest BCUT2D eigenvalue weighted by Gasteiger charge is -2.26. The summed E-state index contributed by atoms with van der Waals surface area (Å²) in [5.74, 6) is 7.27. The van der Waals surface area contributed by atoms with Crippen LogP contribution in [0.2, 0.25) is 0 Å². The van der Waals surface area contributed by atoms with Crippen LogP contribution in [-0.4, -0.2) is 56.7 Å². The number of alkyl halides is 3. The van der Waals surface area contributed by atoms with Crippen molar-refractivity contribution in [3.63, 3.8) is 0 Å². The number of halogens is 3. The van der Waals surface area contributed by atoms with E-state index in [1.165, 1.54) is 18.2 Å². The van der Waals surface area contributed by atoms with Crippen molar-refractivity contribution in [1.29, 1.82) is 0 Å². The lowest BCUT2D eigenvalue weighted by molar-refractivity contribution is -0.137. The van der Waals surface area contributed by atoms with Crippen molar-refractivity contribution < 1.29 is 22.7 Å². The van der Waals surface area contributed by atoms with E-state index in [1.807, 2.05) is 6.92 Å². The maximum Gasteiger partial charge on any atom is 0.417 e. The molecule has 0 unspecified atom stereocenters. The van der Waals surface area contributed by atoms with Crippen molar-refractivity contribution in [1.82, 2.24) is 10.2 Å². The molecule has 0 radical (unpaired) electrons. The van der Waals surface area contributed by atoms with Gasteiger partial charge in [0.25, 0.3) is 5.91 Å². The number of ether oxygens (including phenoxy) is 1. The Kier molecular flexibility index (Phi) is 8.72. The van der Waals surface area contributed by atoms with E-state index in [4.69, 9.17) is 11.2 Å². The zero-order valence-corrected chi connectivity index (χ0v) is 18.9. The Bertz CT molecular complexity index is 1120. The fourth-order valence-electron chi connectivity index (χ4n) is 3.44. The highest BCUT2D eigenvalue weighted by Crippen LogP contribution is 2.33. The second-order valence-electron chi connectivity index (χ2n) is 7.82. The van der Waals surface area contributed by atoms with Gasteiger partial charge in [-0.05, 0) is 42.8 Å². The number of carbonyl (C=O) groups is 1. The Morgan fingerprint density at radius 1 is 1.15 bits per heavy atom. The van der Waals surface area contributed by atoms with Gasteiger partial charge in [0.05, 0.1) is 25.3 Å². The lowest BCUT2D eigenvalue weighted by atomic mass is 10.0. The van der Waals surface area contributed by atoms with Crippen LogP contribution in [0.25, 0.3) is 0 Å². The normalized spacial score (nSPS) is 14.1. The molecule has 5 nitrogen and oxygen atoms in total. The number of aryl methyl sites for hydroxylation is 1. The van der Waals surface area contributed by atoms with Crippen LogP contribution < -0.4 is 10.6 Å². The molecule has 0 saturated carbocycles. The summed E-state index contributed by atoms with van der Waals surface area (Å²) in [6, 6.07) is 8.35. The second-order valence-corrected chi connectivity index (χ2v) is 7.82. The second kappa shape index (κ2) is 11.7. The SMILES string of the molecule is C#Cc1cc(C(=O)Nc2ccc(C#CCNCCN3CCOCC3)c(C(F)(F)F)c2)ccc1C. The van der Waals surface area contributed by atoms with Crippen LogP contribution in [0.3, 0.4) is 0 Å². The molecule has 1 amide bonds. The Morgan fingerprint density at radius 2 is 1.91 bits per heavy atom. The number of hydrogen-bond acceptors (Lipinski definition) is 4. The van der Waals surface area contributed by atoms with E-state index in [-0.39, 0.29) is 23.4 Å². The summed E-state index contributed by atoms with van der Waals surface area (Å²) < 4.78 is 46.2. The molecule has 3 rings (SSSR count). The van der Waals surface area contributed by atoms with Crippen molar-refractivity contribution in [2.75, 3.05) is 51.3 Å². The minimum absolute atomic E-state index is 0.0225. The van der Waals surface area contributed by atoms with Crippen LogP contribution in [-0.2, 0) is 10.9 Å². The van der Waals surface area contributed by atoms with Crippen LogP contribution in [0.4, 0.5) is 18.9 Å². The molecule has 34 heavy (non-hydrogen) atoms. The highest BCUT2D eigenvalue weighted by Gasteiger charge is 2.33. The molecule has 0 atom stereocenters. The molecule has 178 valence electrons. The highest BCUT2D eigenvalue weighted by atomic mass is 19.4. The highest BCUT2D eigenvalue weighted by molar-refractivity contribution is 6.04. The molecule has 0 spiro atoms. The Balaban J connectivity index is 1.64. The quantitative estimate of drug-likeness (QED) is 0.502. The van der Waals surface area contributed by atoms with Crippen molar-refractivity contribution in [3.05, 3.63) is 64.2 Å². The first-order chi connectivity index (χ1) is 16.3. The molecule has 0 aromatic heterocycles. The average Bonchev–Trinajstić information content (AvgIpc) is 2.82. The molecule has 1 aliphatic heterocycles. The number of rotatable bonds is 6. The van der Waals surface area contributed by atoms with Crippen LogP contribution >= 0.6 is 0 Å². The summed E-state index contributed by atoms with van der Waals surface area (Å²) in [4.78, 5) is 14.8. The third-order valence-corrected chi connectivity index (χ3v) is 5.38. The van der Waals surface area contributed by atoms with E-state index in [2.05, 4.69) is 33.3 Å². The average molecular weight is 470 g/mol. The van der Waals surface area contributed by atoms with Gasteiger partial charge < -0.3 is 15.4 Å². The zero-order chi connectivity index (χ0) is 24.6. The minimum atomic E-state index is -4.62. The van der Waals surface area contributed by atoms with E-state index in [1.54, 1.807) is 12.1 Å². The molecule has 2 aromatic carbocycles. The summed E-state index contributed by atoms with van der Waals surface area (Å²) in [5.41, 5.74) is 0.614. The fraction of sp³-hybridized carbons (Fsp3) is 0.346. The first-order valence-electron chi connectivity index (χ1n) is 10.9. The smallest absolute Gasteiger partial charge is 0.379 e. The molecule has 1 heterocycles. The number of hydrogen-bond donors (Lipinski definition) is 2. The number of morpholine rings is 1. The monoisotopic (exact) mass is 469 g/mol. The van der Waals surface area contributed by atoms with Gasteiger partial charge in [0.2, 0.25) is 0 Å². The minimum Gasteiger partial charge on any atom is -0.379 e. The third kappa shape index (κ3) is 7.10. The molecule has 1 saturated heterocycles. The number of anilines is 1. The van der Waals surface area contributed by atoms with Crippen molar-refractivity contribution in [2.45, 2.75) is 13.1 Å². The number of carbonyl (C=O) groups excluding carboxylic acids is 1. The van der Waals surface area contributed by atoms with Gasteiger partial charge in [-0.3, -0.25) is 9.69 Å². The predicted octanol–water partition coefficient (Wildman–Crippen LogP) is 3.52. The van der Waals surface area contributed by atoms with Crippen molar-refractivity contribution >= 4 is 11.6 Å². The summed E-state index contributed by atoms with van der Waals surface area (Å²) in [7, 11) is 0. The van der Waals surface area contributed by atoms with Gasteiger partial charge in [0.1, 0.15) is 0 Å².